The first kappa shape index (κ1) is 20.5. The highest BCUT2D eigenvalue weighted by Gasteiger charge is 2.16. The Kier molecular flexibility index (Phi) is 5.90. The predicted molar refractivity (Wildman–Crippen MR) is 122 cm³/mol. The number of hydrogen-bond donors (Lipinski definition) is 2. The molecule has 0 saturated carbocycles. The lowest BCUT2D eigenvalue weighted by Gasteiger charge is -2.14. The summed E-state index contributed by atoms with van der Waals surface area (Å²) in [5.41, 5.74) is 3.17. The van der Waals surface area contributed by atoms with Crippen molar-refractivity contribution in [2.45, 2.75) is 19.9 Å². The molecule has 1 aromatic carbocycles. The molecular formula is C23H21N5O2S. The van der Waals surface area contributed by atoms with Crippen molar-refractivity contribution in [3.8, 4) is 10.6 Å². The predicted octanol–water partition coefficient (Wildman–Crippen LogP) is 4.77. The third-order valence-corrected chi connectivity index (χ3v) is 5.69. The van der Waals surface area contributed by atoms with Crippen molar-refractivity contribution >= 4 is 34.5 Å². The Bertz CT molecular complexity index is 1200. The normalized spacial score (nSPS) is 11.7. The van der Waals surface area contributed by atoms with Crippen LogP contribution in [0.2, 0.25) is 0 Å². The first-order chi connectivity index (χ1) is 15.0. The Morgan fingerprint density at radius 3 is 2.52 bits per heavy atom. The van der Waals surface area contributed by atoms with Gasteiger partial charge in [-0.3, -0.25) is 19.3 Å². The number of amides is 2. The van der Waals surface area contributed by atoms with Crippen LogP contribution < -0.4 is 10.6 Å². The quantitative estimate of drug-likeness (QED) is 0.460. The molecule has 7 nitrogen and oxygen atoms in total. The largest absolute Gasteiger partial charge is 0.324 e. The fourth-order valence-electron chi connectivity index (χ4n) is 3.11. The first-order valence-electron chi connectivity index (χ1n) is 9.74. The number of carbonyl (C=O) groups excluding carboxylic acids is 2. The number of carbonyl (C=O) groups is 2. The number of pyridine rings is 1. The minimum atomic E-state index is -0.455. The van der Waals surface area contributed by atoms with E-state index in [0.717, 1.165) is 10.6 Å². The van der Waals surface area contributed by atoms with Gasteiger partial charge in [0.15, 0.2) is 0 Å². The van der Waals surface area contributed by atoms with Crippen molar-refractivity contribution < 1.29 is 9.59 Å². The average molecular weight is 432 g/mol. The number of aryl methyl sites for hydroxylation is 1. The van der Waals surface area contributed by atoms with Gasteiger partial charge in [0.25, 0.3) is 5.91 Å². The topological polar surface area (TPSA) is 88.9 Å². The molecule has 3 heterocycles. The van der Waals surface area contributed by atoms with E-state index < -0.39 is 6.04 Å². The van der Waals surface area contributed by atoms with Gasteiger partial charge in [-0.15, -0.1) is 11.3 Å². The van der Waals surface area contributed by atoms with E-state index in [0.29, 0.717) is 22.6 Å². The van der Waals surface area contributed by atoms with E-state index in [-0.39, 0.29) is 11.8 Å². The SMILES string of the molecule is Cc1nc(-c2cccs2)ccc1C(=O)Nc1cccc(NC(=O)C(C)n2cccn2)c1. The summed E-state index contributed by atoms with van der Waals surface area (Å²) in [6, 6.07) is 15.9. The van der Waals surface area contributed by atoms with E-state index in [9.17, 15) is 9.59 Å². The number of anilines is 2. The summed E-state index contributed by atoms with van der Waals surface area (Å²) in [4.78, 5) is 30.9. The number of benzene rings is 1. The van der Waals surface area contributed by atoms with Gasteiger partial charge in [-0.1, -0.05) is 12.1 Å². The molecule has 0 saturated heterocycles. The molecule has 0 fully saturated rings. The molecule has 4 rings (SSSR count). The molecule has 0 radical (unpaired) electrons. The molecule has 2 N–H and O–H groups in total. The van der Waals surface area contributed by atoms with Crippen molar-refractivity contribution in [1.29, 1.82) is 0 Å². The van der Waals surface area contributed by atoms with Crippen LogP contribution in [0.15, 0.2) is 72.4 Å². The van der Waals surface area contributed by atoms with E-state index in [1.54, 1.807) is 71.7 Å². The van der Waals surface area contributed by atoms with E-state index >= 15 is 0 Å². The van der Waals surface area contributed by atoms with E-state index in [1.807, 2.05) is 30.5 Å². The highest BCUT2D eigenvalue weighted by Crippen LogP contribution is 2.24. The van der Waals surface area contributed by atoms with Crippen LogP contribution >= 0.6 is 11.3 Å². The minimum Gasteiger partial charge on any atom is -0.324 e. The van der Waals surface area contributed by atoms with Crippen LogP contribution in [-0.4, -0.2) is 26.6 Å². The van der Waals surface area contributed by atoms with Crippen LogP contribution in [-0.2, 0) is 4.79 Å². The number of nitrogens with one attached hydrogen (secondary N) is 2. The maximum atomic E-state index is 12.8. The van der Waals surface area contributed by atoms with Gasteiger partial charge in [0.1, 0.15) is 6.04 Å². The summed E-state index contributed by atoms with van der Waals surface area (Å²) in [5.74, 6) is -0.451. The van der Waals surface area contributed by atoms with Crippen molar-refractivity contribution in [3.05, 3.63) is 83.6 Å². The smallest absolute Gasteiger partial charge is 0.257 e. The molecule has 2 amide bonds. The number of aromatic nitrogens is 3. The van der Waals surface area contributed by atoms with Crippen LogP contribution in [0.5, 0.6) is 0 Å². The van der Waals surface area contributed by atoms with Crippen molar-refractivity contribution in [2.75, 3.05) is 10.6 Å². The fourth-order valence-corrected chi connectivity index (χ4v) is 3.81. The van der Waals surface area contributed by atoms with Gasteiger partial charge in [-0.2, -0.15) is 5.10 Å². The Morgan fingerprint density at radius 2 is 1.84 bits per heavy atom. The van der Waals surface area contributed by atoms with Crippen LogP contribution in [0.4, 0.5) is 11.4 Å². The Labute approximate surface area is 183 Å². The zero-order valence-corrected chi connectivity index (χ0v) is 17.9. The van der Waals surface area contributed by atoms with Gasteiger partial charge in [-0.25, -0.2) is 0 Å². The molecule has 0 bridgehead atoms. The standard InChI is InChI=1S/C23H21N5O2S/c1-15-19(9-10-20(25-15)21-8-4-13-31-21)23(30)27-18-7-3-6-17(14-18)26-22(29)16(2)28-12-5-11-24-28/h3-14,16H,1-2H3,(H,26,29)(H,27,30). The van der Waals surface area contributed by atoms with Crippen molar-refractivity contribution in [2.24, 2.45) is 0 Å². The van der Waals surface area contributed by atoms with Gasteiger partial charge in [0.05, 0.1) is 21.8 Å². The highest BCUT2D eigenvalue weighted by molar-refractivity contribution is 7.13. The number of nitrogens with zero attached hydrogens (tertiary/aromatic N) is 3. The van der Waals surface area contributed by atoms with Crippen LogP contribution in [0.3, 0.4) is 0 Å². The zero-order chi connectivity index (χ0) is 21.8. The molecule has 0 aliphatic carbocycles. The van der Waals surface area contributed by atoms with Crippen LogP contribution in [0.25, 0.3) is 10.6 Å². The highest BCUT2D eigenvalue weighted by atomic mass is 32.1. The zero-order valence-electron chi connectivity index (χ0n) is 17.1. The van der Waals surface area contributed by atoms with Gasteiger partial charge in [0, 0.05) is 23.8 Å². The summed E-state index contributed by atoms with van der Waals surface area (Å²) in [6.07, 6.45) is 3.37. The summed E-state index contributed by atoms with van der Waals surface area (Å²) >= 11 is 1.61. The van der Waals surface area contributed by atoms with Crippen molar-refractivity contribution in [1.82, 2.24) is 14.8 Å². The summed E-state index contributed by atoms with van der Waals surface area (Å²) < 4.78 is 1.58. The molecule has 0 aliphatic rings. The van der Waals surface area contributed by atoms with Crippen molar-refractivity contribution in [3.63, 3.8) is 0 Å². The Morgan fingerprint density at radius 1 is 1.03 bits per heavy atom. The van der Waals surface area contributed by atoms with Gasteiger partial charge in [0.2, 0.25) is 5.91 Å². The minimum absolute atomic E-state index is 0.198. The van der Waals surface area contributed by atoms with Crippen LogP contribution in [0, 0.1) is 6.92 Å². The molecular weight excluding hydrogens is 410 g/mol. The molecule has 0 aliphatic heterocycles. The van der Waals surface area contributed by atoms with E-state index in [2.05, 4.69) is 20.7 Å². The summed E-state index contributed by atoms with van der Waals surface area (Å²) in [7, 11) is 0. The van der Waals surface area contributed by atoms with Crippen LogP contribution in [0.1, 0.15) is 29.0 Å². The molecule has 3 aromatic heterocycles. The van der Waals surface area contributed by atoms with E-state index in [4.69, 9.17) is 0 Å². The molecule has 156 valence electrons. The third-order valence-electron chi connectivity index (χ3n) is 4.79. The molecule has 4 aromatic rings. The lowest BCUT2D eigenvalue weighted by atomic mass is 10.1. The van der Waals surface area contributed by atoms with Gasteiger partial charge in [-0.05, 0) is 61.7 Å². The summed E-state index contributed by atoms with van der Waals surface area (Å²) in [5, 5.41) is 11.8. The molecule has 8 heteroatoms. The Balaban J connectivity index is 1.45. The maximum absolute atomic E-state index is 12.8. The molecule has 31 heavy (non-hydrogen) atoms. The number of hydrogen-bond acceptors (Lipinski definition) is 5. The van der Waals surface area contributed by atoms with Gasteiger partial charge < -0.3 is 10.6 Å². The van der Waals surface area contributed by atoms with Gasteiger partial charge >= 0.3 is 0 Å². The van der Waals surface area contributed by atoms with E-state index in [1.165, 1.54) is 0 Å². The third kappa shape index (κ3) is 4.70. The number of thiophene rings is 1. The second-order valence-electron chi connectivity index (χ2n) is 6.99. The second-order valence-corrected chi connectivity index (χ2v) is 7.94. The average Bonchev–Trinajstić information content (AvgIpc) is 3.47. The fraction of sp³-hybridized carbons (Fsp3) is 0.130. The first-order valence-corrected chi connectivity index (χ1v) is 10.6. The monoisotopic (exact) mass is 431 g/mol. The number of rotatable bonds is 6. The second kappa shape index (κ2) is 8.93. The lowest BCUT2D eigenvalue weighted by molar-refractivity contribution is -0.119. The molecule has 0 spiro atoms. The lowest BCUT2D eigenvalue weighted by Crippen LogP contribution is -2.24. The maximum Gasteiger partial charge on any atom is 0.257 e. The Hall–Kier alpha value is -3.78. The summed E-state index contributed by atoms with van der Waals surface area (Å²) in [6.45, 7) is 3.59. The molecule has 1 unspecified atom stereocenters. The molecule has 1 atom stereocenters.